The second-order valence-electron chi connectivity index (χ2n) is 8.25. The summed E-state index contributed by atoms with van der Waals surface area (Å²) in [6.45, 7) is 2.91. The van der Waals surface area contributed by atoms with Crippen molar-refractivity contribution in [3.05, 3.63) is 59.7 Å². The predicted octanol–water partition coefficient (Wildman–Crippen LogP) is 3.17. The Hall–Kier alpha value is -3.02. The molecule has 2 amide bonds. The van der Waals surface area contributed by atoms with Gasteiger partial charge in [0.15, 0.2) is 11.5 Å². The van der Waals surface area contributed by atoms with Crippen molar-refractivity contribution in [2.45, 2.75) is 31.8 Å². The van der Waals surface area contributed by atoms with Crippen LogP contribution in [0.3, 0.4) is 0 Å². The fraction of sp³-hybridized carbons (Fsp3) is 0.417. The van der Waals surface area contributed by atoms with E-state index in [0.29, 0.717) is 32.7 Å². The summed E-state index contributed by atoms with van der Waals surface area (Å²) in [6.07, 6.45) is 2.20. The number of carbonyl (C=O) groups is 2. The van der Waals surface area contributed by atoms with Crippen LogP contribution >= 0.6 is 0 Å². The summed E-state index contributed by atoms with van der Waals surface area (Å²) in [5.41, 5.74) is 2.17. The van der Waals surface area contributed by atoms with Crippen molar-refractivity contribution < 1.29 is 19.1 Å². The zero-order chi connectivity index (χ0) is 20.5. The van der Waals surface area contributed by atoms with Crippen LogP contribution in [0.15, 0.2) is 48.5 Å². The molecule has 0 aliphatic carbocycles. The highest BCUT2D eigenvalue weighted by molar-refractivity contribution is 5.89. The molecule has 2 fully saturated rings. The smallest absolute Gasteiger partial charge is 0.228 e. The Labute approximate surface area is 176 Å². The highest BCUT2D eigenvalue weighted by atomic mass is 16.6. The Balaban J connectivity index is 1.29. The van der Waals surface area contributed by atoms with Crippen molar-refractivity contribution in [2.24, 2.45) is 5.92 Å². The minimum absolute atomic E-state index is 0.0339. The van der Waals surface area contributed by atoms with Crippen molar-refractivity contribution >= 4 is 11.8 Å². The molecule has 2 aromatic carbocycles. The molecule has 3 heterocycles. The zero-order valence-electron chi connectivity index (χ0n) is 17.0. The molecule has 0 aromatic heterocycles. The van der Waals surface area contributed by atoms with Crippen LogP contribution < -0.4 is 9.47 Å². The van der Waals surface area contributed by atoms with Crippen LogP contribution in [0.1, 0.15) is 36.4 Å². The lowest BCUT2D eigenvalue weighted by Gasteiger charge is -2.28. The maximum Gasteiger partial charge on any atom is 0.228 e. The van der Waals surface area contributed by atoms with Crippen molar-refractivity contribution in [2.75, 3.05) is 26.3 Å². The lowest BCUT2D eigenvalue weighted by atomic mass is 10.0. The van der Waals surface area contributed by atoms with Gasteiger partial charge in [-0.1, -0.05) is 36.4 Å². The van der Waals surface area contributed by atoms with E-state index in [9.17, 15) is 9.59 Å². The van der Waals surface area contributed by atoms with Gasteiger partial charge in [0.05, 0.1) is 12.0 Å². The van der Waals surface area contributed by atoms with Gasteiger partial charge in [0.1, 0.15) is 13.2 Å². The molecule has 3 aliphatic rings. The fourth-order valence-corrected chi connectivity index (χ4v) is 4.77. The largest absolute Gasteiger partial charge is 0.486 e. The van der Waals surface area contributed by atoms with Gasteiger partial charge in [-0.25, -0.2) is 0 Å². The molecule has 0 bridgehead atoms. The minimum atomic E-state index is -0.265. The Bertz CT molecular complexity index is 945. The first-order valence-corrected chi connectivity index (χ1v) is 10.7. The number of fused-ring (bicyclic) bond motifs is 1. The van der Waals surface area contributed by atoms with Crippen LogP contribution in [0.25, 0.3) is 0 Å². The van der Waals surface area contributed by atoms with E-state index < -0.39 is 0 Å². The molecule has 3 aliphatic heterocycles. The molecule has 0 N–H and O–H groups in total. The average molecular weight is 406 g/mol. The van der Waals surface area contributed by atoms with E-state index in [1.54, 1.807) is 0 Å². The average Bonchev–Trinajstić information content (AvgIpc) is 3.41. The molecule has 0 radical (unpaired) electrons. The molecule has 0 saturated carbocycles. The number of amides is 2. The van der Waals surface area contributed by atoms with Gasteiger partial charge in [-0.3, -0.25) is 9.59 Å². The minimum Gasteiger partial charge on any atom is -0.486 e. The Morgan fingerprint density at radius 1 is 1.03 bits per heavy atom. The first-order valence-electron chi connectivity index (χ1n) is 10.7. The first-order chi connectivity index (χ1) is 14.7. The summed E-state index contributed by atoms with van der Waals surface area (Å²) in [5.74, 6) is 1.41. The number of hydrogen-bond donors (Lipinski definition) is 0. The molecule has 5 rings (SSSR count). The Morgan fingerprint density at radius 2 is 1.83 bits per heavy atom. The van der Waals surface area contributed by atoms with Gasteiger partial charge in [0, 0.05) is 26.1 Å². The molecule has 2 atom stereocenters. The maximum absolute atomic E-state index is 13.4. The lowest BCUT2D eigenvalue weighted by Crippen LogP contribution is -2.37. The van der Waals surface area contributed by atoms with Crippen molar-refractivity contribution in [3.8, 4) is 11.5 Å². The SMILES string of the molecule is O=C1CC(C(=O)N2CCCC2c2ccc3c(c2)OCCO3)CN1Cc1ccccc1. The first kappa shape index (κ1) is 19.0. The number of ether oxygens (including phenoxy) is 2. The van der Waals surface area contributed by atoms with E-state index in [0.717, 1.165) is 42.0 Å². The third-order valence-electron chi connectivity index (χ3n) is 6.27. The maximum atomic E-state index is 13.4. The Morgan fingerprint density at radius 3 is 2.67 bits per heavy atom. The number of rotatable bonds is 4. The van der Waals surface area contributed by atoms with Gasteiger partial charge in [-0.15, -0.1) is 0 Å². The fourth-order valence-electron chi connectivity index (χ4n) is 4.77. The van der Waals surface area contributed by atoms with Crippen LogP contribution in [0, 0.1) is 5.92 Å². The van der Waals surface area contributed by atoms with Crippen LogP contribution in [-0.2, 0) is 16.1 Å². The van der Waals surface area contributed by atoms with Crippen molar-refractivity contribution in [3.63, 3.8) is 0 Å². The van der Waals surface area contributed by atoms with Crippen LogP contribution in [0.4, 0.5) is 0 Å². The summed E-state index contributed by atoms with van der Waals surface area (Å²) in [5, 5.41) is 0. The second kappa shape index (κ2) is 8.01. The molecule has 2 saturated heterocycles. The molecule has 2 aromatic rings. The zero-order valence-corrected chi connectivity index (χ0v) is 17.0. The molecular formula is C24H26N2O4. The monoisotopic (exact) mass is 406 g/mol. The lowest BCUT2D eigenvalue weighted by molar-refractivity contribution is -0.136. The third-order valence-corrected chi connectivity index (χ3v) is 6.27. The number of nitrogens with zero attached hydrogens (tertiary/aromatic N) is 2. The molecule has 30 heavy (non-hydrogen) atoms. The topological polar surface area (TPSA) is 59.1 Å². The summed E-state index contributed by atoms with van der Waals surface area (Å²) in [7, 11) is 0. The number of carbonyl (C=O) groups excluding carboxylic acids is 2. The standard InChI is InChI=1S/C24H26N2O4/c27-23-14-19(16-25(23)15-17-5-2-1-3-6-17)24(28)26-10-4-7-20(26)18-8-9-21-22(13-18)30-12-11-29-21/h1-3,5-6,8-9,13,19-20H,4,7,10-12,14-16H2. The molecule has 0 spiro atoms. The predicted molar refractivity (Wildman–Crippen MR) is 111 cm³/mol. The summed E-state index contributed by atoms with van der Waals surface area (Å²) >= 11 is 0. The van der Waals surface area contributed by atoms with E-state index in [4.69, 9.17) is 9.47 Å². The molecule has 6 heteroatoms. The van der Waals surface area contributed by atoms with Crippen molar-refractivity contribution in [1.29, 1.82) is 0 Å². The van der Waals surface area contributed by atoms with Gasteiger partial charge >= 0.3 is 0 Å². The van der Waals surface area contributed by atoms with E-state index in [1.807, 2.05) is 58.3 Å². The molecule has 6 nitrogen and oxygen atoms in total. The van der Waals surface area contributed by atoms with Crippen LogP contribution in [0.5, 0.6) is 11.5 Å². The van der Waals surface area contributed by atoms with E-state index in [1.165, 1.54) is 0 Å². The highest BCUT2D eigenvalue weighted by Gasteiger charge is 2.40. The number of likely N-dealkylation sites (tertiary alicyclic amines) is 2. The normalized spacial score (nSPS) is 23.1. The van der Waals surface area contributed by atoms with Gasteiger partial charge in [0.2, 0.25) is 11.8 Å². The second-order valence-corrected chi connectivity index (χ2v) is 8.25. The summed E-state index contributed by atoms with van der Waals surface area (Å²) in [6, 6.07) is 15.9. The highest BCUT2D eigenvalue weighted by Crippen LogP contribution is 2.39. The molecule has 2 unspecified atom stereocenters. The van der Waals surface area contributed by atoms with Gasteiger partial charge in [0.25, 0.3) is 0 Å². The van der Waals surface area contributed by atoms with Gasteiger partial charge in [-0.2, -0.15) is 0 Å². The Kier molecular flexibility index (Phi) is 5.07. The third kappa shape index (κ3) is 3.62. The number of hydrogen-bond acceptors (Lipinski definition) is 4. The van der Waals surface area contributed by atoms with Gasteiger partial charge < -0.3 is 19.3 Å². The summed E-state index contributed by atoms with van der Waals surface area (Å²) in [4.78, 5) is 29.7. The van der Waals surface area contributed by atoms with Crippen molar-refractivity contribution in [1.82, 2.24) is 9.80 Å². The van der Waals surface area contributed by atoms with Crippen LogP contribution in [-0.4, -0.2) is 47.9 Å². The quantitative estimate of drug-likeness (QED) is 0.783. The van der Waals surface area contributed by atoms with E-state index >= 15 is 0 Å². The number of benzene rings is 2. The summed E-state index contributed by atoms with van der Waals surface area (Å²) < 4.78 is 11.3. The van der Waals surface area contributed by atoms with E-state index in [-0.39, 0.29) is 23.8 Å². The van der Waals surface area contributed by atoms with E-state index in [2.05, 4.69) is 0 Å². The molecule has 156 valence electrons. The van der Waals surface area contributed by atoms with Gasteiger partial charge in [-0.05, 0) is 36.1 Å². The molecular weight excluding hydrogens is 380 g/mol. The van der Waals surface area contributed by atoms with Crippen LogP contribution in [0.2, 0.25) is 0 Å².